The lowest BCUT2D eigenvalue weighted by Gasteiger charge is -2.27. The summed E-state index contributed by atoms with van der Waals surface area (Å²) in [6.07, 6.45) is 6.06. The van der Waals surface area contributed by atoms with Crippen LogP contribution in [0.25, 0.3) is 0 Å². The number of aryl methyl sites for hydroxylation is 1. The molecule has 0 aliphatic heterocycles. The van der Waals surface area contributed by atoms with E-state index in [1.807, 2.05) is 34.3 Å². The third kappa shape index (κ3) is 4.44. The summed E-state index contributed by atoms with van der Waals surface area (Å²) >= 11 is 1.60. The highest BCUT2D eigenvalue weighted by Gasteiger charge is 2.24. The minimum Gasteiger partial charge on any atom is -0.311 e. The Kier molecular flexibility index (Phi) is 5.63. The van der Waals surface area contributed by atoms with Crippen LogP contribution < -0.4 is 5.32 Å². The van der Waals surface area contributed by atoms with Gasteiger partial charge < -0.3 is 5.32 Å². The Hall–Kier alpha value is -3.25. The molecule has 156 valence electrons. The van der Waals surface area contributed by atoms with E-state index in [0.29, 0.717) is 0 Å². The molecule has 0 spiro atoms. The number of hydrogen-bond donors (Lipinski definition) is 1. The van der Waals surface area contributed by atoms with Gasteiger partial charge in [0.05, 0.1) is 29.4 Å². The van der Waals surface area contributed by atoms with Crippen molar-refractivity contribution in [2.75, 3.05) is 5.32 Å². The van der Waals surface area contributed by atoms with Gasteiger partial charge in [-0.1, -0.05) is 54.6 Å². The minimum absolute atomic E-state index is 0.0672. The topological polar surface area (TPSA) is 59.8 Å². The molecule has 0 saturated carbocycles. The molecule has 0 radical (unpaired) electrons. The summed E-state index contributed by atoms with van der Waals surface area (Å²) in [7, 11) is 0. The lowest BCUT2D eigenvalue weighted by Crippen LogP contribution is -2.23. The smallest absolute Gasteiger partial charge is 0.231 e. The fourth-order valence-corrected chi connectivity index (χ4v) is 5.11. The Bertz CT molecular complexity index is 1180. The molecule has 2 aromatic carbocycles. The van der Waals surface area contributed by atoms with E-state index in [4.69, 9.17) is 0 Å². The Morgan fingerprint density at radius 1 is 1.10 bits per heavy atom. The van der Waals surface area contributed by atoms with Gasteiger partial charge in [-0.05, 0) is 36.0 Å². The number of carbonyl (C=O) groups is 1. The van der Waals surface area contributed by atoms with Gasteiger partial charge in [0, 0.05) is 17.9 Å². The minimum atomic E-state index is -0.0672. The molecule has 1 amide bonds. The van der Waals surface area contributed by atoms with Gasteiger partial charge in [-0.2, -0.15) is 5.10 Å². The van der Waals surface area contributed by atoms with Crippen LogP contribution in [-0.2, 0) is 24.1 Å². The van der Waals surface area contributed by atoms with E-state index in [0.717, 1.165) is 42.2 Å². The standard InChI is InChI=1S/C25H24N4OS/c30-24(16-20-17-31-25(27-20)15-18-7-2-1-3-8-18)28-23-13-14-26-29(23)22-12-6-10-19-9-4-5-11-21(19)22/h1-5,7-9,11,13-14,17,22H,6,10,12,15-16H2,(H,28,30)/t22-/m0/s1. The van der Waals surface area contributed by atoms with Crippen molar-refractivity contribution in [2.24, 2.45) is 0 Å². The van der Waals surface area contributed by atoms with Crippen LogP contribution in [0, 0.1) is 0 Å². The van der Waals surface area contributed by atoms with Gasteiger partial charge in [0.15, 0.2) is 0 Å². The highest BCUT2D eigenvalue weighted by Crippen LogP contribution is 2.34. The Balaban J connectivity index is 1.26. The number of nitrogens with one attached hydrogen (secondary N) is 1. The van der Waals surface area contributed by atoms with E-state index in [-0.39, 0.29) is 18.4 Å². The second-order valence-electron chi connectivity index (χ2n) is 7.89. The molecule has 31 heavy (non-hydrogen) atoms. The van der Waals surface area contributed by atoms with Crippen LogP contribution in [0.15, 0.2) is 72.2 Å². The fourth-order valence-electron chi connectivity index (χ4n) is 4.28. The van der Waals surface area contributed by atoms with Gasteiger partial charge in [0.1, 0.15) is 5.82 Å². The van der Waals surface area contributed by atoms with Gasteiger partial charge >= 0.3 is 0 Å². The van der Waals surface area contributed by atoms with Gasteiger partial charge in [-0.3, -0.25) is 4.79 Å². The zero-order valence-corrected chi connectivity index (χ0v) is 18.0. The van der Waals surface area contributed by atoms with Crippen LogP contribution in [0.2, 0.25) is 0 Å². The number of hydrogen-bond acceptors (Lipinski definition) is 4. The van der Waals surface area contributed by atoms with E-state index in [1.54, 1.807) is 17.5 Å². The Labute approximate surface area is 185 Å². The molecule has 6 heteroatoms. The number of amides is 1. The van der Waals surface area contributed by atoms with E-state index in [1.165, 1.54) is 16.7 Å². The number of thiazole rings is 1. The van der Waals surface area contributed by atoms with E-state index >= 15 is 0 Å². The van der Waals surface area contributed by atoms with Crippen LogP contribution in [-0.4, -0.2) is 20.7 Å². The van der Waals surface area contributed by atoms with E-state index in [9.17, 15) is 4.79 Å². The lowest BCUT2D eigenvalue weighted by molar-refractivity contribution is -0.115. The zero-order chi connectivity index (χ0) is 21.0. The van der Waals surface area contributed by atoms with Crippen LogP contribution in [0.5, 0.6) is 0 Å². The SMILES string of the molecule is O=C(Cc1csc(Cc2ccccc2)n1)Nc1ccnn1[C@H]1CCCc2ccccc21. The van der Waals surface area contributed by atoms with Crippen molar-refractivity contribution in [1.29, 1.82) is 0 Å². The average Bonchev–Trinajstić information content (AvgIpc) is 3.43. The summed E-state index contributed by atoms with van der Waals surface area (Å²) in [5.74, 6) is 0.675. The highest BCUT2D eigenvalue weighted by molar-refractivity contribution is 7.09. The van der Waals surface area contributed by atoms with Gasteiger partial charge in [-0.15, -0.1) is 11.3 Å². The molecule has 5 nitrogen and oxygen atoms in total. The monoisotopic (exact) mass is 428 g/mol. The van der Waals surface area contributed by atoms with Crippen molar-refractivity contribution in [1.82, 2.24) is 14.8 Å². The first-order valence-electron chi connectivity index (χ1n) is 10.6. The lowest BCUT2D eigenvalue weighted by atomic mass is 9.88. The van der Waals surface area contributed by atoms with Crippen molar-refractivity contribution in [3.63, 3.8) is 0 Å². The summed E-state index contributed by atoms with van der Waals surface area (Å²) in [5, 5.41) is 10.6. The summed E-state index contributed by atoms with van der Waals surface area (Å²) in [5.41, 5.74) is 4.71. The molecule has 2 aromatic heterocycles. The molecule has 1 aliphatic carbocycles. The van der Waals surface area contributed by atoms with Crippen LogP contribution in [0.1, 0.15) is 46.3 Å². The van der Waals surface area contributed by atoms with Crippen molar-refractivity contribution in [2.45, 2.75) is 38.1 Å². The largest absolute Gasteiger partial charge is 0.311 e. The molecule has 4 aromatic rings. The summed E-state index contributed by atoms with van der Waals surface area (Å²) in [6, 6.07) is 20.8. The quantitative estimate of drug-likeness (QED) is 0.468. The summed E-state index contributed by atoms with van der Waals surface area (Å²) in [4.78, 5) is 17.4. The van der Waals surface area contributed by atoms with Crippen LogP contribution in [0.3, 0.4) is 0 Å². The second kappa shape index (κ2) is 8.86. The first-order chi connectivity index (χ1) is 15.3. The molecular weight excluding hydrogens is 404 g/mol. The maximum atomic E-state index is 12.7. The van der Waals surface area contributed by atoms with Crippen molar-refractivity contribution in [3.8, 4) is 0 Å². The number of carbonyl (C=O) groups excluding carboxylic acids is 1. The molecule has 0 fully saturated rings. The molecule has 5 rings (SSSR count). The summed E-state index contributed by atoms with van der Waals surface area (Å²) < 4.78 is 1.96. The van der Waals surface area contributed by atoms with Crippen molar-refractivity contribution in [3.05, 3.63) is 99.6 Å². The molecule has 0 saturated heterocycles. The molecule has 0 bridgehead atoms. The van der Waals surface area contributed by atoms with Gasteiger partial charge in [0.2, 0.25) is 5.91 Å². The maximum Gasteiger partial charge on any atom is 0.231 e. The number of aromatic nitrogens is 3. The molecule has 1 N–H and O–H groups in total. The summed E-state index contributed by atoms with van der Waals surface area (Å²) in [6.45, 7) is 0. The molecule has 0 unspecified atom stereocenters. The third-order valence-electron chi connectivity index (χ3n) is 5.71. The van der Waals surface area contributed by atoms with Gasteiger partial charge in [0.25, 0.3) is 0 Å². The number of fused-ring (bicyclic) bond motifs is 1. The van der Waals surface area contributed by atoms with E-state index in [2.05, 4.69) is 51.8 Å². The average molecular weight is 429 g/mol. The Morgan fingerprint density at radius 2 is 1.94 bits per heavy atom. The zero-order valence-electron chi connectivity index (χ0n) is 17.2. The number of benzene rings is 2. The first-order valence-corrected chi connectivity index (χ1v) is 11.5. The molecule has 1 atom stereocenters. The molecule has 1 aliphatic rings. The van der Waals surface area contributed by atoms with E-state index < -0.39 is 0 Å². The number of rotatable bonds is 6. The van der Waals surface area contributed by atoms with Crippen LogP contribution >= 0.6 is 11.3 Å². The number of nitrogens with zero attached hydrogens (tertiary/aromatic N) is 3. The predicted octanol–water partition coefficient (Wildman–Crippen LogP) is 5.04. The van der Waals surface area contributed by atoms with Crippen LogP contribution in [0.4, 0.5) is 5.82 Å². The predicted molar refractivity (Wildman–Crippen MR) is 123 cm³/mol. The molecule has 2 heterocycles. The Morgan fingerprint density at radius 3 is 2.84 bits per heavy atom. The van der Waals surface area contributed by atoms with Gasteiger partial charge in [-0.25, -0.2) is 9.67 Å². The first kappa shape index (κ1) is 19.7. The third-order valence-corrected chi connectivity index (χ3v) is 6.61. The molecular formula is C25H24N4OS. The highest BCUT2D eigenvalue weighted by atomic mass is 32.1. The van der Waals surface area contributed by atoms with Crippen molar-refractivity contribution < 1.29 is 4.79 Å². The normalized spacial score (nSPS) is 15.4. The maximum absolute atomic E-state index is 12.7. The second-order valence-corrected chi connectivity index (χ2v) is 8.83. The number of anilines is 1. The fraction of sp³-hybridized carbons (Fsp3) is 0.240. The van der Waals surface area contributed by atoms with Crippen molar-refractivity contribution >= 4 is 23.1 Å².